The smallest absolute Gasteiger partial charge is 0.319 e. The fraction of sp³-hybridized carbons (Fsp3) is 0.562. The van der Waals surface area contributed by atoms with Crippen LogP contribution >= 0.6 is 23.2 Å². The summed E-state index contributed by atoms with van der Waals surface area (Å²) in [5.74, 6) is 0.810. The number of likely N-dealkylation sites (tertiary alicyclic amines) is 1. The predicted octanol–water partition coefficient (Wildman–Crippen LogP) is 4.24. The van der Waals surface area contributed by atoms with E-state index in [0.717, 1.165) is 19.0 Å². The van der Waals surface area contributed by atoms with Crippen molar-refractivity contribution in [1.29, 1.82) is 0 Å². The molecular formula is C16H23Cl2N3O. The van der Waals surface area contributed by atoms with Crippen molar-refractivity contribution >= 4 is 34.9 Å². The van der Waals surface area contributed by atoms with Crippen LogP contribution in [0.1, 0.15) is 26.7 Å². The second kappa shape index (κ2) is 8.04. The van der Waals surface area contributed by atoms with E-state index in [1.165, 1.54) is 12.8 Å². The van der Waals surface area contributed by atoms with Crippen molar-refractivity contribution in [3.63, 3.8) is 0 Å². The van der Waals surface area contributed by atoms with Crippen molar-refractivity contribution in [2.24, 2.45) is 5.92 Å². The zero-order valence-electron chi connectivity index (χ0n) is 13.0. The van der Waals surface area contributed by atoms with Crippen LogP contribution in [0.15, 0.2) is 18.2 Å². The van der Waals surface area contributed by atoms with Crippen molar-refractivity contribution < 1.29 is 4.79 Å². The predicted molar refractivity (Wildman–Crippen MR) is 92.9 cm³/mol. The van der Waals surface area contributed by atoms with E-state index in [9.17, 15) is 4.79 Å². The molecule has 0 spiro atoms. The molecule has 6 heteroatoms. The maximum absolute atomic E-state index is 12.0. The van der Waals surface area contributed by atoms with Crippen molar-refractivity contribution in [2.45, 2.75) is 32.7 Å². The third kappa shape index (κ3) is 5.04. The van der Waals surface area contributed by atoms with E-state index in [2.05, 4.69) is 29.4 Å². The number of benzene rings is 1. The first kappa shape index (κ1) is 17.4. The van der Waals surface area contributed by atoms with Crippen LogP contribution in [0.5, 0.6) is 0 Å². The molecule has 1 atom stereocenters. The van der Waals surface area contributed by atoms with Gasteiger partial charge in [0, 0.05) is 17.6 Å². The molecule has 0 radical (unpaired) electrons. The highest BCUT2D eigenvalue weighted by atomic mass is 35.5. The summed E-state index contributed by atoms with van der Waals surface area (Å²) in [5.41, 5.74) is 0.520. The lowest BCUT2D eigenvalue weighted by molar-refractivity contribution is 0.146. The number of amides is 2. The fourth-order valence-electron chi connectivity index (χ4n) is 2.60. The fourth-order valence-corrected chi connectivity index (χ4v) is 2.94. The number of hydrogen-bond acceptors (Lipinski definition) is 2. The highest BCUT2D eigenvalue weighted by Gasteiger charge is 2.20. The zero-order chi connectivity index (χ0) is 16.1. The van der Waals surface area contributed by atoms with Crippen LogP contribution in [0.4, 0.5) is 10.5 Å². The summed E-state index contributed by atoms with van der Waals surface area (Å²) in [6.45, 7) is 7.25. The molecule has 122 valence electrons. The van der Waals surface area contributed by atoms with E-state index in [4.69, 9.17) is 23.2 Å². The molecule has 0 bridgehead atoms. The van der Waals surface area contributed by atoms with Crippen molar-refractivity contribution in [3.8, 4) is 0 Å². The number of piperidine rings is 1. The first-order valence-electron chi connectivity index (χ1n) is 7.69. The molecule has 0 aromatic heterocycles. The lowest BCUT2D eigenvalue weighted by Crippen LogP contribution is -2.46. The quantitative estimate of drug-likeness (QED) is 0.858. The monoisotopic (exact) mass is 343 g/mol. The molecule has 1 heterocycles. The Morgan fingerprint density at radius 3 is 2.73 bits per heavy atom. The molecule has 2 amide bonds. The minimum Gasteiger partial charge on any atom is -0.336 e. The number of nitrogens with one attached hydrogen (secondary N) is 2. The number of halogens is 2. The average Bonchev–Trinajstić information content (AvgIpc) is 2.49. The Morgan fingerprint density at radius 1 is 1.36 bits per heavy atom. The third-order valence-electron chi connectivity index (χ3n) is 4.18. The van der Waals surface area contributed by atoms with Gasteiger partial charge in [-0.05, 0) is 57.0 Å². The first-order valence-corrected chi connectivity index (χ1v) is 8.45. The lowest BCUT2D eigenvalue weighted by Gasteiger charge is -2.35. The molecule has 1 aliphatic rings. The second-order valence-electron chi connectivity index (χ2n) is 6.03. The van der Waals surface area contributed by atoms with E-state index in [1.54, 1.807) is 18.2 Å². The SMILES string of the molecule is CC1CCN([C@H](C)CNC(=O)Nc2cc(Cl)ccc2Cl)CC1. The molecule has 4 nitrogen and oxygen atoms in total. The van der Waals surface area contributed by atoms with Crippen LogP contribution in [-0.4, -0.2) is 36.6 Å². The first-order chi connectivity index (χ1) is 10.5. The molecule has 1 aromatic carbocycles. The summed E-state index contributed by atoms with van der Waals surface area (Å²) in [6.07, 6.45) is 2.46. The van der Waals surface area contributed by atoms with Crippen LogP contribution in [0.3, 0.4) is 0 Å². The maximum Gasteiger partial charge on any atom is 0.319 e. The van der Waals surface area contributed by atoms with Crippen molar-refractivity contribution in [2.75, 3.05) is 25.0 Å². The summed E-state index contributed by atoms with van der Waals surface area (Å²) in [4.78, 5) is 14.4. The molecule has 1 aromatic rings. The van der Waals surface area contributed by atoms with Gasteiger partial charge in [-0.2, -0.15) is 0 Å². The van der Waals surface area contributed by atoms with Gasteiger partial charge < -0.3 is 10.6 Å². The molecule has 0 saturated carbocycles. The Morgan fingerprint density at radius 2 is 2.05 bits per heavy atom. The highest BCUT2D eigenvalue weighted by molar-refractivity contribution is 6.35. The lowest BCUT2D eigenvalue weighted by atomic mass is 9.98. The largest absolute Gasteiger partial charge is 0.336 e. The highest BCUT2D eigenvalue weighted by Crippen LogP contribution is 2.25. The number of nitrogens with zero attached hydrogens (tertiary/aromatic N) is 1. The number of carbonyl (C=O) groups excluding carboxylic acids is 1. The molecule has 1 aliphatic heterocycles. The zero-order valence-corrected chi connectivity index (χ0v) is 14.5. The summed E-state index contributed by atoms with van der Waals surface area (Å²) in [6, 6.07) is 5.05. The summed E-state index contributed by atoms with van der Waals surface area (Å²) >= 11 is 11.9. The molecule has 2 rings (SSSR count). The maximum atomic E-state index is 12.0. The Balaban J connectivity index is 1.78. The van der Waals surface area contributed by atoms with Gasteiger partial charge in [0.2, 0.25) is 0 Å². The minimum absolute atomic E-state index is 0.263. The van der Waals surface area contributed by atoms with Crippen molar-refractivity contribution in [1.82, 2.24) is 10.2 Å². The van der Waals surface area contributed by atoms with E-state index < -0.39 is 0 Å². The van der Waals surface area contributed by atoms with Crippen LogP contribution in [-0.2, 0) is 0 Å². The molecule has 22 heavy (non-hydrogen) atoms. The molecule has 2 N–H and O–H groups in total. The van der Waals surface area contributed by atoms with Gasteiger partial charge in [-0.15, -0.1) is 0 Å². The molecule has 1 fully saturated rings. The van der Waals surface area contributed by atoms with Gasteiger partial charge in [-0.25, -0.2) is 4.79 Å². The minimum atomic E-state index is -0.263. The van der Waals surface area contributed by atoms with Gasteiger partial charge in [-0.1, -0.05) is 30.1 Å². The van der Waals surface area contributed by atoms with Crippen molar-refractivity contribution in [3.05, 3.63) is 28.2 Å². The second-order valence-corrected chi connectivity index (χ2v) is 6.87. The van der Waals surface area contributed by atoms with Gasteiger partial charge in [0.05, 0.1) is 10.7 Å². The van der Waals surface area contributed by atoms with E-state index >= 15 is 0 Å². The van der Waals surface area contributed by atoms with Crippen LogP contribution < -0.4 is 10.6 Å². The van der Waals surface area contributed by atoms with Gasteiger partial charge in [-0.3, -0.25) is 4.90 Å². The Hall–Kier alpha value is -0.970. The van der Waals surface area contributed by atoms with E-state index in [0.29, 0.717) is 28.3 Å². The molecule has 0 aliphatic carbocycles. The van der Waals surface area contributed by atoms with Crippen LogP contribution in [0.25, 0.3) is 0 Å². The number of carbonyl (C=O) groups is 1. The standard InChI is InChI=1S/C16H23Cl2N3O/c1-11-5-7-21(8-6-11)12(2)10-19-16(22)20-15-9-13(17)3-4-14(15)18/h3-4,9,11-12H,5-8,10H2,1-2H3,(H2,19,20,22)/t12-/m1/s1. The number of urea groups is 1. The number of rotatable bonds is 4. The molecule has 0 unspecified atom stereocenters. The van der Waals surface area contributed by atoms with Gasteiger partial charge >= 0.3 is 6.03 Å². The van der Waals surface area contributed by atoms with Gasteiger partial charge in [0.1, 0.15) is 0 Å². The topological polar surface area (TPSA) is 44.4 Å². The van der Waals surface area contributed by atoms with E-state index in [-0.39, 0.29) is 6.03 Å². The summed E-state index contributed by atoms with van der Waals surface area (Å²) < 4.78 is 0. The Labute approximate surface area is 142 Å². The van der Waals surface area contributed by atoms with Crippen LogP contribution in [0, 0.1) is 5.92 Å². The third-order valence-corrected chi connectivity index (χ3v) is 4.74. The summed E-state index contributed by atoms with van der Waals surface area (Å²) in [5, 5.41) is 6.63. The van der Waals surface area contributed by atoms with Gasteiger partial charge in [0.15, 0.2) is 0 Å². The molecule has 1 saturated heterocycles. The van der Waals surface area contributed by atoms with E-state index in [1.807, 2.05) is 0 Å². The number of anilines is 1. The summed E-state index contributed by atoms with van der Waals surface area (Å²) in [7, 11) is 0. The van der Waals surface area contributed by atoms with Crippen LogP contribution in [0.2, 0.25) is 10.0 Å². The average molecular weight is 344 g/mol. The normalized spacial score (nSPS) is 18.0. The molecular weight excluding hydrogens is 321 g/mol. The Bertz CT molecular complexity index is 516. The number of hydrogen-bond donors (Lipinski definition) is 2. The Kier molecular flexibility index (Phi) is 6.36. The van der Waals surface area contributed by atoms with Gasteiger partial charge in [0.25, 0.3) is 0 Å².